The molecule has 0 radical (unpaired) electrons. The van der Waals surface area contributed by atoms with E-state index in [2.05, 4.69) is 23.3 Å². The second kappa shape index (κ2) is 11.7. The van der Waals surface area contributed by atoms with E-state index in [-0.39, 0.29) is 24.5 Å². The molecule has 1 saturated heterocycles. The summed E-state index contributed by atoms with van der Waals surface area (Å²) in [7, 11) is 0. The Morgan fingerprint density at radius 3 is 2.27 bits per heavy atom. The molecular weight excluding hydrogens is 416 g/mol. The lowest BCUT2D eigenvalue weighted by molar-refractivity contribution is -0.150. The molecule has 1 rings (SSSR count). The number of aliphatic carboxylic acids is 2. The minimum Gasteiger partial charge on any atom is -0.481 e. The Hall–Kier alpha value is -2.34. The monoisotopic (exact) mass is 446 g/mol. The largest absolute Gasteiger partial charge is 0.481 e. The molecule has 0 spiro atoms. The van der Waals surface area contributed by atoms with Crippen molar-refractivity contribution in [3.8, 4) is 0 Å². The number of amides is 3. The van der Waals surface area contributed by atoms with Crippen LogP contribution in [0.4, 0.5) is 0 Å². The van der Waals surface area contributed by atoms with Crippen LogP contribution in [0.2, 0.25) is 0 Å². The topological polar surface area (TPSA) is 179 Å². The zero-order valence-corrected chi connectivity index (χ0v) is 17.9. The molecule has 0 aromatic heterocycles. The second-order valence-corrected chi connectivity index (χ2v) is 7.91. The maximum absolute atomic E-state index is 12.9. The zero-order valence-electron chi connectivity index (χ0n) is 17.0. The lowest BCUT2D eigenvalue weighted by atomic mass is 10.0. The van der Waals surface area contributed by atoms with Crippen molar-refractivity contribution >= 4 is 42.3 Å². The summed E-state index contributed by atoms with van der Waals surface area (Å²) in [6.45, 7) is 3.72. The SMILES string of the molecule is CC(C)C(NC(=O)C(CS)NC(=O)C(N)CCC(=O)O)C(=O)N1CCCC1C(=O)O. The smallest absolute Gasteiger partial charge is 0.326 e. The standard InChI is InChI=1S/C18H30N4O7S/c1-9(2)14(17(27)22-7-3-4-12(22)18(28)29)21-16(26)11(8-30)20-15(25)10(19)5-6-13(23)24/h9-12,14,30H,3-8,19H2,1-2H3,(H,20,25)(H,21,26)(H,23,24)(H,28,29). The van der Waals surface area contributed by atoms with Crippen LogP contribution in [0.3, 0.4) is 0 Å². The number of carboxylic acids is 2. The number of carbonyl (C=O) groups is 5. The van der Waals surface area contributed by atoms with E-state index in [1.165, 1.54) is 4.90 Å². The highest BCUT2D eigenvalue weighted by atomic mass is 32.1. The normalized spacial score (nSPS) is 19.1. The van der Waals surface area contributed by atoms with Gasteiger partial charge in [-0.3, -0.25) is 19.2 Å². The molecule has 4 unspecified atom stereocenters. The van der Waals surface area contributed by atoms with Gasteiger partial charge in [0.2, 0.25) is 17.7 Å². The molecule has 30 heavy (non-hydrogen) atoms. The molecule has 4 atom stereocenters. The van der Waals surface area contributed by atoms with Crippen LogP contribution in [0.25, 0.3) is 0 Å². The molecule has 6 N–H and O–H groups in total. The van der Waals surface area contributed by atoms with Gasteiger partial charge in [0.25, 0.3) is 0 Å². The average Bonchev–Trinajstić information content (AvgIpc) is 3.17. The van der Waals surface area contributed by atoms with Crippen LogP contribution in [0.15, 0.2) is 0 Å². The van der Waals surface area contributed by atoms with Gasteiger partial charge in [-0.05, 0) is 25.2 Å². The molecule has 12 heteroatoms. The first-order valence-electron chi connectivity index (χ1n) is 9.71. The number of rotatable bonds is 11. The molecule has 170 valence electrons. The summed E-state index contributed by atoms with van der Waals surface area (Å²) in [5, 5.41) is 23.0. The minimum atomic E-state index is -1.11. The van der Waals surface area contributed by atoms with Crippen molar-refractivity contribution < 1.29 is 34.2 Å². The molecule has 0 aromatic rings. The molecule has 0 aromatic carbocycles. The second-order valence-electron chi connectivity index (χ2n) is 7.54. The number of carboxylic acid groups (broad SMARTS) is 2. The number of hydrogen-bond donors (Lipinski definition) is 6. The number of thiol groups is 1. The Labute approximate surface area is 180 Å². The molecular formula is C18H30N4O7S. The van der Waals surface area contributed by atoms with Crippen LogP contribution in [-0.4, -0.2) is 81.2 Å². The van der Waals surface area contributed by atoms with Crippen LogP contribution in [0, 0.1) is 5.92 Å². The molecule has 0 aliphatic carbocycles. The van der Waals surface area contributed by atoms with Crippen molar-refractivity contribution in [2.24, 2.45) is 11.7 Å². The molecule has 11 nitrogen and oxygen atoms in total. The van der Waals surface area contributed by atoms with Gasteiger partial charge >= 0.3 is 11.9 Å². The maximum Gasteiger partial charge on any atom is 0.326 e. The van der Waals surface area contributed by atoms with E-state index in [1.54, 1.807) is 13.8 Å². The predicted octanol–water partition coefficient (Wildman–Crippen LogP) is -1.19. The van der Waals surface area contributed by atoms with E-state index in [9.17, 15) is 29.1 Å². The zero-order chi connectivity index (χ0) is 23.0. The van der Waals surface area contributed by atoms with E-state index in [0.29, 0.717) is 19.4 Å². The van der Waals surface area contributed by atoms with E-state index < -0.39 is 53.8 Å². The van der Waals surface area contributed by atoms with Gasteiger partial charge in [-0.1, -0.05) is 13.8 Å². The molecule has 0 saturated carbocycles. The number of nitrogens with one attached hydrogen (secondary N) is 2. The molecule has 3 amide bonds. The Balaban J connectivity index is 2.80. The fraction of sp³-hybridized carbons (Fsp3) is 0.722. The summed E-state index contributed by atoms with van der Waals surface area (Å²) in [5.74, 6) is -4.46. The summed E-state index contributed by atoms with van der Waals surface area (Å²) >= 11 is 4.05. The summed E-state index contributed by atoms with van der Waals surface area (Å²) in [5.41, 5.74) is 5.64. The number of hydrogen-bond acceptors (Lipinski definition) is 7. The highest BCUT2D eigenvalue weighted by molar-refractivity contribution is 7.80. The van der Waals surface area contributed by atoms with Gasteiger partial charge < -0.3 is 31.5 Å². The highest BCUT2D eigenvalue weighted by Crippen LogP contribution is 2.20. The predicted molar refractivity (Wildman–Crippen MR) is 110 cm³/mol. The van der Waals surface area contributed by atoms with Crippen molar-refractivity contribution in [3.63, 3.8) is 0 Å². The lowest BCUT2D eigenvalue weighted by Gasteiger charge is -2.30. The molecule has 0 bridgehead atoms. The van der Waals surface area contributed by atoms with Gasteiger partial charge in [-0.2, -0.15) is 12.6 Å². The fourth-order valence-corrected chi connectivity index (χ4v) is 3.37. The molecule has 1 aliphatic heterocycles. The van der Waals surface area contributed by atoms with E-state index in [0.717, 1.165) is 0 Å². The maximum atomic E-state index is 12.9. The minimum absolute atomic E-state index is 0.0797. The molecule has 1 heterocycles. The number of nitrogens with two attached hydrogens (primary N) is 1. The summed E-state index contributed by atoms with van der Waals surface area (Å²) < 4.78 is 0. The average molecular weight is 447 g/mol. The first kappa shape index (κ1) is 25.7. The van der Waals surface area contributed by atoms with Crippen LogP contribution in [0.1, 0.15) is 39.5 Å². The summed E-state index contributed by atoms with van der Waals surface area (Å²) in [4.78, 5) is 60.9. The van der Waals surface area contributed by atoms with E-state index in [1.807, 2.05) is 0 Å². The van der Waals surface area contributed by atoms with Crippen LogP contribution >= 0.6 is 12.6 Å². The lowest BCUT2D eigenvalue weighted by Crippen LogP contribution is -2.59. The third-order valence-corrected chi connectivity index (χ3v) is 5.24. The van der Waals surface area contributed by atoms with Crippen LogP contribution in [-0.2, 0) is 24.0 Å². The Morgan fingerprint density at radius 1 is 1.13 bits per heavy atom. The number of nitrogens with zero attached hydrogens (tertiary/aromatic N) is 1. The van der Waals surface area contributed by atoms with Crippen molar-refractivity contribution in [1.29, 1.82) is 0 Å². The summed E-state index contributed by atoms with van der Waals surface area (Å²) in [6.07, 6.45) is 0.520. The van der Waals surface area contributed by atoms with Crippen molar-refractivity contribution in [2.45, 2.75) is 63.7 Å². The first-order valence-corrected chi connectivity index (χ1v) is 10.3. The van der Waals surface area contributed by atoms with Gasteiger partial charge in [-0.25, -0.2) is 4.79 Å². The first-order chi connectivity index (χ1) is 14.0. The highest BCUT2D eigenvalue weighted by Gasteiger charge is 2.39. The van der Waals surface area contributed by atoms with Gasteiger partial charge in [0, 0.05) is 18.7 Å². The number of carbonyl (C=O) groups excluding carboxylic acids is 3. The Bertz CT molecular complexity index is 673. The van der Waals surface area contributed by atoms with Gasteiger partial charge in [0.05, 0.1) is 6.04 Å². The third-order valence-electron chi connectivity index (χ3n) is 4.87. The quantitative estimate of drug-likeness (QED) is 0.214. The van der Waals surface area contributed by atoms with Crippen molar-refractivity contribution in [1.82, 2.24) is 15.5 Å². The fourth-order valence-electron chi connectivity index (χ4n) is 3.12. The van der Waals surface area contributed by atoms with Gasteiger partial charge in [0.1, 0.15) is 18.1 Å². The van der Waals surface area contributed by atoms with Crippen LogP contribution < -0.4 is 16.4 Å². The van der Waals surface area contributed by atoms with E-state index in [4.69, 9.17) is 10.8 Å². The van der Waals surface area contributed by atoms with Crippen LogP contribution in [0.5, 0.6) is 0 Å². The van der Waals surface area contributed by atoms with Crippen molar-refractivity contribution in [3.05, 3.63) is 0 Å². The Kier molecular flexibility index (Phi) is 10.1. The van der Waals surface area contributed by atoms with Gasteiger partial charge in [0.15, 0.2) is 0 Å². The molecule has 1 fully saturated rings. The third kappa shape index (κ3) is 7.17. The molecule has 1 aliphatic rings. The van der Waals surface area contributed by atoms with Gasteiger partial charge in [-0.15, -0.1) is 0 Å². The summed E-state index contributed by atoms with van der Waals surface area (Å²) in [6, 6.07) is -4.11. The van der Waals surface area contributed by atoms with E-state index >= 15 is 0 Å². The van der Waals surface area contributed by atoms with Crippen molar-refractivity contribution in [2.75, 3.05) is 12.3 Å². The Morgan fingerprint density at radius 2 is 1.77 bits per heavy atom. The number of likely N-dealkylation sites (tertiary alicyclic amines) is 1.